The zero-order chi connectivity index (χ0) is 22.7. The summed E-state index contributed by atoms with van der Waals surface area (Å²) in [5.74, 6) is 10.3. The van der Waals surface area contributed by atoms with Gasteiger partial charge in [0.25, 0.3) is 0 Å². The molecule has 0 atom stereocenters. The molecule has 0 aromatic heterocycles. The number of hydrogen-bond donors (Lipinski definition) is 1. The van der Waals surface area contributed by atoms with Gasteiger partial charge in [0.1, 0.15) is 5.92 Å². The Hall–Kier alpha value is -2.75. The van der Waals surface area contributed by atoms with E-state index in [1.54, 1.807) is 0 Å². The third kappa shape index (κ3) is 11.0. The summed E-state index contributed by atoms with van der Waals surface area (Å²) in [4.78, 5) is 16.8. The summed E-state index contributed by atoms with van der Waals surface area (Å²) in [6.45, 7) is 2.82. The summed E-state index contributed by atoms with van der Waals surface area (Å²) in [6.07, 6.45) is 15.5. The quantitative estimate of drug-likeness (QED) is 0.170. The molecule has 0 aliphatic rings. The maximum absolute atomic E-state index is 11.7. The Balaban J connectivity index is 1.49. The van der Waals surface area contributed by atoms with Gasteiger partial charge in [0.2, 0.25) is 0 Å². The fourth-order valence-corrected chi connectivity index (χ4v) is 3.77. The van der Waals surface area contributed by atoms with Crippen LogP contribution in [0.1, 0.15) is 89.5 Å². The molecule has 2 aromatic rings. The van der Waals surface area contributed by atoms with Gasteiger partial charge >= 0.3 is 5.97 Å². The second kappa shape index (κ2) is 16.9. The maximum Gasteiger partial charge on any atom is 0.715 e. The number of hydroxylamine groups is 1. The fraction of sp³-hybridized carbons (Fsp3) is 0.483. The second-order valence-electron chi connectivity index (χ2n) is 8.25. The van der Waals surface area contributed by atoms with Crippen LogP contribution in [0.15, 0.2) is 42.5 Å². The van der Waals surface area contributed by atoms with E-state index in [0.717, 1.165) is 18.4 Å². The van der Waals surface area contributed by atoms with Crippen LogP contribution in [0.25, 0.3) is 10.8 Å². The lowest BCUT2D eigenvalue weighted by Gasteiger charge is -2.01. The standard InChI is InChI=1S/C29H37NO2/c1-2-3-4-5-6-7-8-9-10-11-12-13-14-15-16-24-29(31)32-30-25-27-22-19-21-26-20-17-18-23-28(26)27/h17-23,30H,2-13,25H2,1H3/q+1/p+1. The Bertz CT molecular complexity index is 921. The number of fused-ring (bicyclic) bond motifs is 1. The lowest BCUT2D eigenvalue weighted by atomic mass is 10.1. The van der Waals surface area contributed by atoms with E-state index < -0.39 is 5.97 Å². The molecule has 0 unspecified atom stereocenters. The van der Waals surface area contributed by atoms with Crippen molar-refractivity contribution in [1.82, 2.24) is 0 Å². The number of rotatable bonds is 14. The van der Waals surface area contributed by atoms with Gasteiger partial charge in [-0.05, 0) is 23.1 Å². The number of carbonyl (C=O) groups is 1. The minimum Gasteiger partial charge on any atom is -0.0891 e. The summed E-state index contributed by atoms with van der Waals surface area (Å²) in [7, 11) is 0. The first-order valence-corrected chi connectivity index (χ1v) is 12.3. The van der Waals surface area contributed by atoms with Gasteiger partial charge in [0.15, 0.2) is 6.54 Å². The molecule has 3 heteroatoms. The molecule has 0 bridgehead atoms. The number of unbranched alkanes of at least 4 members (excludes halogenated alkanes) is 11. The van der Waals surface area contributed by atoms with E-state index in [4.69, 9.17) is 4.84 Å². The molecule has 0 aliphatic carbocycles. The summed E-state index contributed by atoms with van der Waals surface area (Å²) < 4.78 is 0. The molecule has 2 aromatic carbocycles. The average Bonchev–Trinajstić information content (AvgIpc) is 2.81. The zero-order valence-electron chi connectivity index (χ0n) is 19.6. The van der Waals surface area contributed by atoms with Gasteiger partial charge in [0, 0.05) is 17.9 Å². The van der Waals surface area contributed by atoms with E-state index >= 15 is 0 Å². The predicted octanol–water partition coefficient (Wildman–Crippen LogP) is 6.07. The molecule has 0 aliphatic heterocycles. The molecule has 32 heavy (non-hydrogen) atoms. The summed E-state index contributed by atoms with van der Waals surface area (Å²) in [5.41, 5.74) is 2.63. The molecule has 1 radical (unpaired) electrons. The highest BCUT2D eigenvalue weighted by atomic mass is 16.7. The van der Waals surface area contributed by atoms with Gasteiger partial charge < -0.3 is 0 Å². The zero-order valence-corrected chi connectivity index (χ0v) is 19.6. The molecule has 0 heterocycles. The van der Waals surface area contributed by atoms with Crippen molar-refractivity contribution < 1.29 is 15.1 Å². The molecular formula is C29H38NO2+2. The predicted molar refractivity (Wildman–Crippen MR) is 132 cm³/mol. The SMILES string of the molecule is CCCCCCCCCCCCCC#CC#CC(=[O+])O[NH2+]Cc1cccc2ccccc12. The Morgan fingerprint density at radius 1 is 0.812 bits per heavy atom. The van der Waals surface area contributed by atoms with Crippen molar-refractivity contribution in [3.63, 3.8) is 0 Å². The van der Waals surface area contributed by atoms with Gasteiger partial charge in [-0.1, -0.05) is 130 Å². The highest BCUT2D eigenvalue weighted by Gasteiger charge is 2.17. The van der Waals surface area contributed by atoms with E-state index in [0.29, 0.717) is 6.54 Å². The first-order chi connectivity index (χ1) is 15.8. The normalized spacial score (nSPS) is 10.2. The third-order valence-corrected chi connectivity index (χ3v) is 5.59. The van der Waals surface area contributed by atoms with Gasteiger partial charge in [0.05, 0.1) is 4.79 Å². The largest absolute Gasteiger partial charge is 0.715 e. The van der Waals surface area contributed by atoms with Gasteiger partial charge in [-0.25, -0.2) is 0 Å². The van der Waals surface area contributed by atoms with Crippen LogP contribution in [0, 0.1) is 23.7 Å². The Labute approximate surface area is 194 Å². The second-order valence-corrected chi connectivity index (χ2v) is 8.25. The topological polar surface area (TPSA) is 45.7 Å². The average molecular weight is 433 g/mol. The monoisotopic (exact) mass is 432 g/mol. The van der Waals surface area contributed by atoms with Crippen LogP contribution in [0.3, 0.4) is 0 Å². The van der Waals surface area contributed by atoms with Crippen molar-refractivity contribution in [3.05, 3.63) is 48.0 Å². The first-order valence-electron chi connectivity index (χ1n) is 12.3. The van der Waals surface area contributed by atoms with E-state index in [1.807, 2.05) is 24.3 Å². The number of benzene rings is 2. The van der Waals surface area contributed by atoms with Crippen LogP contribution < -0.4 is 5.48 Å². The number of quaternary nitrogens is 1. The lowest BCUT2D eigenvalue weighted by molar-refractivity contribution is -0.883. The van der Waals surface area contributed by atoms with Crippen molar-refractivity contribution in [2.24, 2.45) is 0 Å². The fourth-order valence-electron chi connectivity index (χ4n) is 3.77. The van der Waals surface area contributed by atoms with Crippen molar-refractivity contribution in [2.45, 2.75) is 90.5 Å². The number of carbonyl (C=O) groups excluding carboxylic acids is 1. The Morgan fingerprint density at radius 3 is 2.22 bits per heavy atom. The highest BCUT2D eigenvalue weighted by molar-refractivity contribution is 5.88. The summed E-state index contributed by atoms with van der Waals surface area (Å²) in [5, 5.41) is 2.35. The lowest BCUT2D eigenvalue weighted by Crippen LogP contribution is -2.82. The van der Waals surface area contributed by atoms with Crippen molar-refractivity contribution >= 4 is 16.7 Å². The minimum absolute atomic E-state index is 0.555. The number of hydrogen-bond acceptors (Lipinski definition) is 2. The van der Waals surface area contributed by atoms with Gasteiger partial charge in [-0.3, -0.25) is 0 Å². The van der Waals surface area contributed by atoms with Crippen molar-refractivity contribution in [3.8, 4) is 23.7 Å². The molecule has 0 amide bonds. The third-order valence-electron chi connectivity index (χ3n) is 5.59. The van der Waals surface area contributed by atoms with Gasteiger partial charge in [-0.2, -0.15) is 0 Å². The van der Waals surface area contributed by atoms with Crippen LogP contribution in [0.2, 0.25) is 0 Å². The van der Waals surface area contributed by atoms with Crippen molar-refractivity contribution in [2.75, 3.05) is 0 Å². The molecule has 0 saturated carbocycles. The van der Waals surface area contributed by atoms with E-state index in [9.17, 15) is 4.79 Å². The first kappa shape index (κ1) is 25.5. The van der Waals surface area contributed by atoms with Crippen molar-refractivity contribution in [1.29, 1.82) is 0 Å². The van der Waals surface area contributed by atoms with Gasteiger partial charge in [-0.15, -0.1) is 0 Å². The number of nitrogens with two attached hydrogens (primary N) is 1. The smallest absolute Gasteiger partial charge is 0.0891 e. The van der Waals surface area contributed by atoms with Crippen LogP contribution in [0.4, 0.5) is 0 Å². The molecular weight excluding hydrogens is 394 g/mol. The van der Waals surface area contributed by atoms with Crippen LogP contribution >= 0.6 is 0 Å². The summed E-state index contributed by atoms with van der Waals surface area (Å²) >= 11 is 0. The molecule has 169 valence electrons. The van der Waals surface area contributed by atoms with E-state index in [-0.39, 0.29) is 0 Å². The summed E-state index contributed by atoms with van der Waals surface area (Å²) in [6, 6.07) is 14.3. The molecule has 0 fully saturated rings. The minimum atomic E-state index is -0.561. The Kier molecular flexibility index (Phi) is 13.5. The van der Waals surface area contributed by atoms with E-state index in [2.05, 4.69) is 48.8 Å². The van der Waals surface area contributed by atoms with Crippen LogP contribution in [-0.2, 0) is 16.2 Å². The molecule has 2 N–H and O–H groups in total. The Morgan fingerprint density at radius 2 is 1.47 bits per heavy atom. The van der Waals surface area contributed by atoms with Crippen LogP contribution in [0.5, 0.6) is 0 Å². The molecule has 3 nitrogen and oxygen atoms in total. The van der Waals surface area contributed by atoms with E-state index in [1.165, 1.54) is 80.5 Å². The molecule has 0 spiro atoms. The molecule has 2 rings (SSSR count). The highest BCUT2D eigenvalue weighted by Crippen LogP contribution is 2.17. The molecule has 0 saturated heterocycles. The maximum atomic E-state index is 11.7. The van der Waals surface area contributed by atoms with Crippen LogP contribution in [-0.4, -0.2) is 5.97 Å².